The molecule has 1 amide bonds. The number of nitrogens with zero attached hydrogens (tertiary/aromatic N) is 2. The van der Waals surface area contributed by atoms with Crippen molar-refractivity contribution in [2.75, 3.05) is 13.7 Å². The van der Waals surface area contributed by atoms with Crippen LogP contribution in [0.25, 0.3) is 0 Å². The van der Waals surface area contributed by atoms with Gasteiger partial charge in [0.25, 0.3) is 0 Å². The van der Waals surface area contributed by atoms with Crippen molar-refractivity contribution < 1.29 is 14.3 Å². The van der Waals surface area contributed by atoms with Crippen molar-refractivity contribution in [3.05, 3.63) is 47.5 Å². The molecule has 6 heteroatoms. The van der Waals surface area contributed by atoms with Crippen LogP contribution in [0.5, 0.6) is 0 Å². The fourth-order valence-electron chi connectivity index (χ4n) is 2.24. The highest BCUT2D eigenvalue weighted by atomic mass is 35.5. The third-order valence-corrected chi connectivity index (χ3v) is 3.80. The van der Waals surface area contributed by atoms with E-state index >= 15 is 0 Å². The number of nitriles is 1. The lowest BCUT2D eigenvalue weighted by atomic mass is 10.0. The van der Waals surface area contributed by atoms with Crippen LogP contribution in [0.2, 0.25) is 5.02 Å². The molecule has 0 heterocycles. The molecule has 0 aliphatic carbocycles. The van der Waals surface area contributed by atoms with Crippen molar-refractivity contribution >= 4 is 23.5 Å². The van der Waals surface area contributed by atoms with E-state index < -0.39 is 12.0 Å². The molecule has 0 aromatic heterocycles. The molecule has 0 saturated heterocycles. The first-order valence-electron chi connectivity index (χ1n) is 7.64. The summed E-state index contributed by atoms with van der Waals surface area (Å²) in [7, 11) is 1.57. The summed E-state index contributed by atoms with van der Waals surface area (Å²) < 4.78 is 4.90. The Morgan fingerprint density at radius 3 is 2.88 bits per heavy atom. The van der Waals surface area contributed by atoms with Crippen molar-refractivity contribution in [2.45, 2.75) is 31.7 Å². The average Bonchev–Trinajstić information content (AvgIpc) is 2.57. The van der Waals surface area contributed by atoms with Gasteiger partial charge in [-0.15, -0.1) is 6.58 Å². The molecule has 1 aromatic rings. The minimum atomic E-state index is -0.741. The molecule has 0 N–H and O–H groups in total. The summed E-state index contributed by atoms with van der Waals surface area (Å²) in [4.78, 5) is 25.8. The van der Waals surface area contributed by atoms with Gasteiger partial charge in [-0.1, -0.05) is 29.8 Å². The third kappa shape index (κ3) is 6.43. The fourth-order valence-corrected chi connectivity index (χ4v) is 2.45. The number of carbonyl (C=O) groups is 2. The second-order valence-corrected chi connectivity index (χ2v) is 5.72. The largest absolute Gasteiger partial charge is 0.449 e. The van der Waals surface area contributed by atoms with Crippen LogP contribution in [0, 0.1) is 11.3 Å². The minimum absolute atomic E-state index is 0.167. The topological polar surface area (TPSA) is 70.4 Å². The highest BCUT2D eigenvalue weighted by molar-refractivity contribution is 6.30. The quantitative estimate of drug-likeness (QED) is 0.507. The van der Waals surface area contributed by atoms with E-state index in [-0.39, 0.29) is 18.9 Å². The van der Waals surface area contributed by atoms with Gasteiger partial charge in [0.15, 0.2) is 6.61 Å². The van der Waals surface area contributed by atoms with Crippen LogP contribution in [-0.4, -0.2) is 36.5 Å². The Labute approximate surface area is 147 Å². The van der Waals surface area contributed by atoms with E-state index in [4.69, 9.17) is 21.6 Å². The molecule has 1 aromatic carbocycles. The van der Waals surface area contributed by atoms with Crippen molar-refractivity contribution in [2.24, 2.45) is 0 Å². The average molecular weight is 349 g/mol. The summed E-state index contributed by atoms with van der Waals surface area (Å²) in [6.07, 6.45) is 3.42. The predicted molar refractivity (Wildman–Crippen MR) is 92.3 cm³/mol. The number of hydrogen-bond donors (Lipinski definition) is 0. The Morgan fingerprint density at radius 2 is 2.25 bits per heavy atom. The van der Waals surface area contributed by atoms with E-state index in [1.54, 1.807) is 25.3 Å². The van der Waals surface area contributed by atoms with Gasteiger partial charge in [0.05, 0.1) is 0 Å². The van der Waals surface area contributed by atoms with Crippen LogP contribution in [0.3, 0.4) is 0 Å². The van der Waals surface area contributed by atoms with Crippen LogP contribution in [0.1, 0.15) is 24.8 Å². The zero-order valence-corrected chi connectivity index (χ0v) is 14.5. The Kier molecular flexibility index (Phi) is 8.59. The highest BCUT2D eigenvalue weighted by Gasteiger charge is 2.27. The standard InChI is InChI=1S/C18H21ClN2O3/c1-3-4-8-17(22)21(2)16(18(23)24-12-11-20)10-9-14-6-5-7-15(19)13-14/h3,5-7,13,16H,1,4,8-10,12H2,2H3. The summed E-state index contributed by atoms with van der Waals surface area (Å²) >= 11 is 5.96. The van der Waals surface area contributed by atoms with E-state index in [9.17, 15) is 9.59 Å². The second-order valence-electron chi connectivity index (χ2n) is 5.28. The molecule has 5 nitrogen and oxygen atoms in total. The van der Waals surface area contributed by atoms with Crippen molar-refractivity contribution in [1.82, 2.24) is 4.90 Å². The lowest BCUT2D eigenvalue weighted by Crippen LogP contribution is -2.43. The van der Waals surface area contributed by atoms with Gasteiger partial charge in [0, 0.05) is 18.5 Å². The number of likely N-dealkylation sites (N-methyl/N-ethyl adjacent to an activating group) is 1. The number of aryl methyl sites for hydroxylation is 1. The maximum Gasteiger partial charge on any atom is 0.329 e. The summed E-state index contributed by atoms with van der Waals surface area (Å²) in [6, 6.07) is 8.35. The summed E-state index contributed by atoms with van der Waals surface area (Å²) in [5, 5.41) is 9.18. The predicted octanol–water partition coefficient (Wildman–Crippen LogP) is 3.13. The molecule has 24 heavy (non-hydrogen) atoms. The monoisotopic (exact) mass is 348 g/mol. The molecule has 1 atom stereocenters. The third-order valence-electron chi connectivity index (χ3n) is 3.57. The molecule has 0 fully saturated rings. The molecule has 1 unspecified atom stereocenters. The van der Waals surface area contributed by atoms with Crippen molar-refractivity contribution in [3.63, 3.8) is 0 Å². The van der Waals surface area contributed by atoms with Gasteiger partial charge >= 0.3 is 5.97 Å². The number of esters is 1. The molecule has 0 saturated carbocycles. The van der Waals surface area contributed by atoms with Crippen LogP contribution >= 0.6 is 11.6 Å². The Balaban J connectivity index is 2.80. The van der Waals surface area contributed by atoms with Crippen molar-refractivity contribution in [1.29, 1.82) is 5.26 Å². The van der Waals surface area contributed by atoms with Crippen LogP contribution in [-0.2, 0) is 20.7 Å². The molecule has 0 aliphatic rings. The Morgan fingerprint density at radius 1 is 1.50 bits per heavy atom. The summed E-state index contributed by atoms with van der Waals surface area (Å²) in [5.74, 6) is -0.743. The Hall–Kier alpha value is -2.32. The molecule has 0 radical (unpaired) electrons. The molecule has 128 valence electrons. The second kappa shape index (κ2) is 10.5. The first kappa shape index (κ1) is 19.7. The van der Waals surface area contributed by atoms with Gasteiger partial charge in [0.1, 0.15) is 12.1 Å². The van der Waals surface area contributed by atoms with Gasteiger partial charge in [-0.25, -0.2) is 4.79 Å². The number of hydrogen-bond acceptors (Lipinski definition) is 4. The highest BCUT2D eigenvalue weighted by Crippen LogP contribution is 2.16. The molecular formula is C18H21ClN2O3. The van der Waals surface area contributed by atoms with E-state index in [2.05, 4.69) is 6.58 Å². The zero-order valence-electron chi connectivity index (χ0n) is 13.7. The SMILES string of the molecule is C=CCCC(=O)N(C)C(CCc1cccc(Cl)c1)C(=O)OCC#N. The van der Waals surface area contributed by atoms with E-state index in [1.165, 1.54) is 4.90 Å². The number of amides is 1. The first-order chi connectivity index (χ1) is 11.5. The van der Waals surface area contributed by atoms with E-state index in [0.29, 0.717) is 24.3 Å². The van der Waals surface area contributed by atoms with E-state index in [1.807, 2.05) is 18.2 Å². The van der Waals surface area contributed by atoms with Gasteiger partial charge < -0.3 is 9.64 Å². The van der Waals surface area contributed by atoms with Crippen molar-refractivity contribution in [3.8, 4) is 6.07 Å². The van der Waals surface area contributed by atoms with Gasteiger partial charge in [-0.3, -0.25) is 4.79 Å². The lowest BCUT2D eigenvalue weighted by molar-refractivity contribution is -0.153. The normalized spacial score (nSPS) is 11.2. The molecule has 0 aliphatic heterocycles. The number of allylic oxidation sites excluding steroid dienone is 1. The maximum absolute atomic E-state index is 12.2. The van der Waals surface area contributed by atoms with Crippen LogP contribution in [0.15, 0.2) is 36.9 Å². The molecule has 0 spiro atoms. The fraction of sp³-hybridized carbons (Fsp3) is 0.389. The number of rotatable bonds is 9. The van der Waals surface area contributed by atoms with Gasteiger partial charge in [-0.2, -0.15) is 5.26 Å². The molecule has 0 bridgehead atoms. The van der Waals surface area contributed by atoms with Crippen LogP contribution in [0.4, 0.5) is 0 Å². The molecule has 1 rings (SSSR count). The number of ether oxygens (including phenoxy) is 1. The summed E-state index contributed by atoms with van der Waals surface area (Å²) in [6.45, 7) is 3.25. The van der Waals surface area contributed by atoms with Gasteiger partial charge in [0.2, 0.25) is 5.91 Å². The Bertz CT molecular complexity index is 625. The summed E-state index contributed by atoms with van der Waals surface area (Å²) in [5.41, 5.74) is 0.965. The minimum Gasteiger partial charge on any atom is -0.449 e. The first-order valence-corrected chi connectivity index (χ1v) is 8.02. The van der Waals surface area contributed by atoms with Gasteiger partial charge in [-0.05, 0) is 37.0 Å². The molecular weight excluding hydrogens is 328 g/mol. The number of benzene rings is 1. The lowest BCUT2D eigenvalue weighted by Gasteiger charge is -2.26. The number of halogens is 1. The van der Waals surface area contributed by atoms with E-state index in [0.717, 1.165) is 5.56 Å². The zero-order chi connectivity index (χ0) is 17.9. The maximum atomic E-state index is 12.2. The number of carbonyl (C=O) groups excluding carboxylic acids is 2. The van der Waals surface area contributed by atoms with Crippen LogP contribution < -0.4 is 0 Å². The smallest absolute Gasteiger partial charge is 0.329 e.